The van der Waals surface area contributed by atoms with Crippen LogP contribution in [0.25, 0.3) is 0 Å². The molecule has 1 saturated heterocycles. The highest BCUT2D eigenvalue weighted by Gasteiger charge is 2.35. The molecule has 0 unspecified atom stereocenters. The second-order valence-corrected chi connectivity index (χ2v) is 4.75. The van der Waals surface area contributed by atoms with E-state index in [2.05, 4.69) is 0 Å². The van der Waals surface area contributed by atoms with Crippen molar-refractivity contribution in [3.05, 3.63) is 28.8 Å². The van der Waals surface area contributed by atoms with Crippen LogP contribution in [0.1, 0.15) is 18.4 Å². The zero-order chi connectivity index (χ0) is 11.8. The molecule has 1 aromatic carbocycles. The Morgan fingerprint density at radius 2 is 2.12 bits per heavy atom. The Balaban J connectivity index is 2.23. The Morgan fingerprint density at radius 3 is 2.75 bits per heavy atom. The van der Waals surface area contributed by atoms with E-state index in [9.17, 15) is 8.78 Å². The molecule has 0 amide bonds. The van der Waals surface area contributed by atoms with E-state index in [4.69, 9.17) is 11.6 Å². The van der Waals surface area contributed by atoms with E-state index >= 15 is 0 Å². The zero-order valence-electron chi connectivity index (χ0n) is 9.14. The highest BCUT2D eigenvalue weighted by Crippen LogP contribution is 2.32. The summed E-state index contributed by atoms with van der Waals surface area (Å²) >= 11 is 5.85. The number of halogens is 3. The topological polar surface area (TPSA) is 3.24 Å². The molecule has 2 rings (SSSR count). The first-order valence-electron chi connectivity index (χ1n) is 5.37. The van der Waals surface area contributed by atoms with Gasteiger partial charge in [-0.1, -0.05) is 11.6 Å². The molecule has 1 heterocycles. The van der Waals surface area contributed by atoms with Crippen molar-refractivity contribution in [3.63, 3.8) is 0 Å². The quantitative estimate of drug-likeness (QED) is 0.726. The Kier molecular flexibility index (Phi) is 3.06. The second-order valence-electron chi connectivity index (χ2n) is 4.31. The SMILES string of the molecule is Cc1cc(Cl)ccc1N1CCCC(F)(F)C1. The van der Waals surface area contributed by atoms with Gasteiger partial charge in [0.1, 0.15) is 0 Å². The van der Waals surface area contributed by atoms with Crippen molar-refractivity contribution in [3.8, 4) is 0 Å². The molecular formula is C12H14ClF2N. The van der Waals surface area contributed by atoms with E-state index < -0.39 is 5.92 Å². The van der Waals surface area contributed by atoms with Gasteiger partial charge in [-0.3, -0.25) is 0 Å². The Labute approximate surface area is 99.0 Å². The van der Waals surface area contributed by atoms with Crippen LogP contribution in [0.3, 0.4) is 0 Å². The van der Waals surface area contributed by atoms with Crippen molar-refractivity contribution < 1.29 is 8.78 Å². The van der Waals surface area contributed by atoms with Crippen LogP contribution in [0.4, 0.5) is 14.5 Å². The average Bonchev–Trinajstić information content (AvgIpc) is 2.15. The molecule has 0 aromatic heterocycles. The number of aryl methyl sites for hydroxylation is 1. The molecule has 16 heavy (non-hydrogen) atoms. The van der Waals surface area contributed by atoms with Crippen molar-refractivity contribution in [2.45, 2.75) is 25.7 Å². The van der Waals surface area contributed by atoms with Gasteiger partial charge in [-0.2, -0.15) is 0 Å². The fraction of sp³-hybridized carbons (Fsp3) is 0.500. The van der Waals surface area contributed by atoms with Gasteiger partial charge in [0.15, 0.2) is 0 Å². The van der Waals surface area contributed by atoms with Crippen LogP contribution in [0, 0.1) is 6.92 Å². The number of alkyl halides is 2. The number of piperidine rings is 1. The van der Waals surface area contributed by atoms with Gasteiger partial charge in [0.2, 0.25) is 0 Å². The molecule has 0 aliphatic carbocycles. The van der Waals surface area contributed by atoms with Gasteiger partial charge in [0.25, 0.3) is 5.92 Å². The maximum Gasteiger partial charge on any atom is 0.265 e. The van der Waals surface area contributed by atoms with Gasteiger partial charge in [-0.25, -0.2) is 8.78 Å². The maximum absolute atomic E-state index is 13.3. The van der Waals surface area contributed by atoms with Crippen LogP contribution < -0.4 is 4.90 Å². The van der Waals surface area contributed by atoms with Crippen LogP contribution in [0.2, 0.25) is 5.02 Å². The molecule has 1 fully saturated rings. The lowest BCUT2D eigenvalue weighted by Gasteiger charge is -2.35. The lowest BCUT2D eigenvalue weighted by Crippen LogP contribution is -2.42. The average molecular weight is 246 g/mol. The molecule has 88 valence electrons. The van der Waals surface area contributed by atoms with Crippen LogP contribution in [-0.2, 0) is 0 Å². The lowest BCUT2D eigenvalue weighted by atomic mass is 10.1. The highest BCUT2D eigenvalue weighted by atomic mass is 35.5. The van der Waals surface area contributed by atoms with Crippen molar-refractivity contribution in [2.24, 2.45) is 0 Å². The van der Waals surface area contributed by atoms with Gasteiger partial charge in [0, 0.05) is 23.7 Å². The number of hydrogen-bond acceptors (Lipinski definition) is 1. The monoisotopic (exact) mass is 245 g/mol. The summed E-state index contributed by atoms with van der Waals surface area (Å²) in [7, 11) is 0. The van der Waals surface area contributed by atoms with Crippen LogP contribution >= 0.6 is 11.6 Å². The fourth-order valence-electron chi connectivity index (χ4n) is 2.15. The van der Waals surface area contributed by atoms with Crippen molar-refractivity contribution in [1.29, 1.82) is 0 Å². The van der Waals surface area contributed by atoms with Crippen molar-refractivity contribution in [1.82, 2.24) is 0 Å². The summed E-state index contributed by atoms with van der Waals surface area (Å²) in [6.07, 6.45) is 0.533. The van der Waals surface area contributed by atoms with Gasteiger partial charge < -0.3 is 4.90 Å². The molecule has 4 heteroatoms. The number of anilines is 1. The van der Waals surface area contributed by atoms with Crippen LogP contribution in [0.5, 0.6) is 0 Å². The minimum atomic E-state index is -2.57. The number of nitrogens with zero attached hydrogens (tertiary/aromatic N) is 1. The summed E-state index contributed by atoms with van der Waals surface area (Å²) in [6, 6.07) is 5.37. The predicted octanol–water partition coefficient (Wildman–Crippen LogP) is 3.88. The number of benzene rings is 1. The standard InChI is InChI=1S/C12H14ClF2N/c1-9-7-10(13)3-4-11(9)16-6-2-5-12(14,15)8-16/h3-4,7H,2,5-6,8H2,1H3. The molecule has 0 N–H and O–H groups in total. The molecular weight excluding hydrogens is 232 g/mol. The second kappa shape index (κ2) is 4.21. The Morgan fingerprint density at radius 1 is 1.38 bits per heavy atom. The van der Waals surface area contributed by atoms with E-state index in [0.29, 0.717) is 18.0 Å². The van der Waals surface area contributed by atoms with Gasteiger partial charge in [-0.15, -0.1) is 0 Å². The minimum absolute atomic E-state index is 0.00383. The third kappa shape index (κ3) is 2.46. The van der Waals surface area contributed by atoms with E-state index in [1.165, 1.54) is 0 Å². The smallest absolute Gasteiger partial charge is 0.265 e. The Hall–Kier alpha value is -0.830. The molecule has 0 radical (unpaired) electrons. The minimum Gasteiger partial charge on any atom is -0.365 e. The lowest BCUT2D eigenvalue weighted by molar-refractivity contribution is -0.0116. The van der Waals surface area contributed by atoms with E-state index in [1.54, 1.807) is 11.0 Å². The predicted molar refractivity (Wildman–Crippen MR) is 62.6 cm³/mol. The largest absolute Gasteiger partial charge is 0.365 e. The summed E-state index contributed by atoms with van der Waals surface area (Å²) < 4.78 is 26.6. The summed E-state index contributed by atoms with van der Waals surface area (Å²) in [6.45, 7) is 2.40. The Bertz CT molecular complexity index is 393. The molecule has 1 aliphatic heterocycles. The molecule has 0 spiro atoms. The van der Waals surface area contributed by atoms with Gasteiger partial charge in [-0.05, 0) is 37.1 Å². The maximum atomic E-state index is 13.3. The fourth-order valence-corrected chi connectivity index (χ4v) is 2.37. The molecule has 0 atom stereocenters. The van der Waals surface area contributed by atoms with E-state index in [-0.39, 0.29) is 13.0 Å². The number of rotatable bonds is 1. The molecule has 0 saturated carbocycles. The summed E-state index contributed by atoms with van der Waals surface area (Å²) in [5.41, 5.74) is 1.81. The van der Waals surface area contributed by atoms with E-state index in [0.717, 1.165) is 11.3 Å². The first-order chi connectivity index (χ1) is 7.48. The molecule has 1 nitrogen and oxygen atoms in total. The highest BCUT2D eigenvalue weighted by molar-refractivity contribution is 6.30. The first kappa shape index (κ1) is 11.6. The van der Waals surface area contributed by atoms with Gasteiger partial charge in [0.05, 0.1) is 6.54 Å². The first-order valence-corrected chi connectivity index (χ1v) is 5.75. The zero-order valence-corrected chi connectivity index (χ0v) is 9.90. The third-order valence-electron chi connectivity index (χ3n) is 2.89. The molecule has 1 aromatic rings. The number of hydrogen-bond donors (Lipinski definition) is 0. The summed E-state index contributed by atoms with van der Waals surface area (Å²) in [4.78, 5) is 1.75. The molecule has 1 aliphatic rings. The molecule has 0 bridgehead atoms. The van der Waals surface area contributed by atoms with Gasteiger partial charge >= 0.3 is 0 Å². The van der Waals surface area contributed by atoms with E-state index in [1.807, 2.05) is 19.1 Å². The summed E-state index contributed by atoms with van der Waals surface area (Å²) in [5.74, 6) is -2.57. The van der Waals surface area contributed by atoms with Crippen LogP contribution in [-0.4, -0.2) is 19.0 Å². The third-order valence-corrected chi connectivity index (χ3v) is 3.13. The van der Waals surface area contributed by atoms with Crippen molar-refractivity contribution in [2.75, 3.05) is 18.0 Å². The summed E-state index contributed by atoms with van der Waals surface area (Å²) in [5, 5.41) is 0.644. The van der Waals surface area contributed by atoms with Crippen LogP contribution in [0.15, 0.2) is 18.2 Å². The van der Waals surface area contributed by atoms with Crippen molar-refractivity contribution >= 4 is 17.3 Å². The normalized spacial score (nSPS) is 19.9.